The van der Waals surface area contributed by atoms with E-state index in [1.165, 1.54) is 0 Å². The Morgan fingerprint density at radius 1 is 1.21 bits per heavy atom. The Bertz CT molecular complexity index is 780. The molecule has 0 unspecified atom stereocenters. The quantitative estimate of drug-likeness (QED) is 0.733. The molecule has 2 N–H and O–H groups in total. The van der Waals surface area contributed by atoms with Crippen LogP contribution in [0.1, 0.15) is 11.4 Å². The van der Waals surface area contributed by atoms with Crippen LogP contribution in [0.2, 0.25) is 5.02 Å². The fraction of sp³-hybridized carbons (Fsp3) is 0.143. The molecule has 0 saturated heterocycles. The number of benzene rings is 1. The van der Waals surface area contributed by atoms with Crippen molar-refractivity contribution in [2.24, 2.45) is 0 Å². The van der Waals surface area contributed by atoms with E-state index in [1.807, 2.05) is 25.1 Å². The number of aryl methyl sites for hydroxylation is 1. The minimum Gasteiger partial charge on any atom is -0.453 e. The van der Waals surface area contributed by atoms with E-state index in [-0.39, 0.29) is 0 Å². The summed E-state index contributed by atoms with van der Waals surface area (Å²) in [6.45, 7) is 3.67. The summed E-state index contributed by atoms with van der Waals surface area (Å²) >= 11 is 6.11. The Kier molecular flexibility index (Phi) is 2.68. The maximum absolute atomic E-state index is 6.11. The predicted molar refractivity (Wildman–Crippen MR) is 76.1 cm³/mol. The zero-order valence-electron chi connectivity index (χ0n) is 10.6. The summed E-state index contributed by atoms with van der Waals surface area (Å²) in [5.74, 6) is 1.73. The molecule has 0 amide bonds. The van der Waals surface area contributed by atoms with Crippen molar-refractivity contribution < 1.29 is 4.42 Å². The summed E-state index contributed by atoms with van der Waals surface area (Å²) in [5, 5.41) is 1.52. The van der Waals surface area contributed by atoms with Gasteiger partial charge in [0.15, 0.2) is 11.3 Å². The highest BCUT2D eigenvalue weighted by Crippen LogP contribution is 2.33. The lowest BCUT2D eigenvalue weighted by Crippen LogP contribution is -2.01. The summed E-state index contributed by atoms with van der Waals surface area (Å²) in [4.78, 5) is 8.53. The Labute approximate surface area is 115 Å². The summed E-state index contributed by atoms with van der Waals surface area (Å²) < 4.78 is 5.80. The molecule has 0 aliphatic carbocycles. The Morgan fingerprint density at radius 3 is 2.74 bits per heavy atom. The molecule has 0 bridgehead atoms. The van der Waals surface area contributed by atoms with Crippen molar-refractivity contribution in [1.82, 2.24) is 9.97 Å². The number of nitrogens with zero attached hydrogens (tertiary/aromatic N) is 2. The highest BCUT2D eigenvalue weighted by molar-refractivity contribution is 6.34. The Balaban J connectivity index is 2.28. The molecule has 2 aromatic heterocycles. The third-order valence-electron chi connectivity index (χ3n) is 3.02. The van der Waals surface area contributed by atoms with Crippen LogP contribution in [0.3, 0.4) is 0 Å². The lowest BCUT2D eigenvalue weighted by atomic mass is 10.1. The number of hydrogen-bond donors (Lipinski definition) is 1. The smallest absolute Gasteiger partial charge is 0.154 e. The molecule has 2 heterocycles. The van der Waals surface area contributed by atoms with Crippen LogP contribution < -0.4 is 5.73 Å². The van der Waals surface area contributed by atoms with Crippen molar-refractivity contribution >= 4 is 28.4 Å². The molecule has 4 nitrogen and oxygen atoms in total. The van der Waals surface area contributed by atoms with Crippen LogP contribution in [0.5, 0.6) is 0 Å². The number of fused-ring (bicyclic) bond motifs is 1. The summed E-state index contributed by atoms with van der Waals surface area (Å²) in [6.07, 6.45) is 0. The largest absolute Gasteiger partial charge is 0.453 e. The fourth-order valence-corrected chi connectivity index (χ4v) is 2.25. The first-order valence-corrected chi connectivity index (χ1v) is 6.23. The van der Waals surface area contributed by atoms with E-state index in [1.54, 1.807) is 13.0 Å². The van der Waals surface area contributed by atoms with Gasteiger partial charge in [-0.1, -0.05) is 23.7 Å². The molecule has 96 valence electrons. The van der Waals surface area contributed by atoms with Crippen LogP contribution in [0.15, 0.2) is 28.7 Å². The fourth-order valence-electron chi connectivity index (χ4n) is 2.03. The average molecular weight is 274 g/mol. The lowest BCUT2D eigenvalue weighted by Gasteiger charge is -2.05. The summed E-state index contributed by atoms with van der Waals surface area (Å²) in [5.41, 5.74) is 8.04. The molecule has 3 rings (SSSR count). The number of anilines is 1. The standard InChI is InChI=1S/C14H12ClN3O/c1-7-12(17-8(2)18-14(7)16)11-6-9-4-3-5-10(15)13(9)19-11/h3-6H,1-2H3,(H2,16,17,18). The van der Waals surface area contributed by atoms with Gasteiger partial charge in [0.1, 0.15) is 17.3 Å². The molecule has 19 heavy (non-hydrogen) atoms. The van der Waals surface area contributed by atoms with Gasteiger partial charge < -0.3 is 10.2 Å². The number of furan rings is 1. The second kappa shape index (κ2) is 4.24. The van der Waals surface area contributed by atoms with E-state index in [0.717, 1.165) is 10.9 Å². The van der Waals surface area contributed by atoms with Gasteiger partial charge in [0.2, 0.25) is 0 Å². The number of aromatic nitrogens is 2. The van der Waals surface area contributed by atoms with Crippen LogP contribution >= 0.6 is 11.6 Å². The topological polar surface area (TPSA) is 64.9 Å². The number of nitrogens with two attached hydrogens (primary N) is 1. The summed E-state index contributed by atoms with van der Waals surface area (Å²) in [6, 6.07) is 7.54. The van der Waals surface area contributed by atoms with Crippen LogP contribution in [-0.4, -0.2) is 9.97 Å². The first kappa shape index (κ1) is 12.0. The highest BCUT2D eigenvalue weighted by Gasteiger charge is 2.14. The first-order valence-electron chi connectivity index (χ1n) is 5.85. The van der Waals surface area contributed by atoms with Crippen molar-refractivity contribution in [2.75, 3.05) is 5.73 Å². The van der Waals surface area contributed by atoms with E-state index >= 15 is 0 Å². The zero-order chi connectivity index (χ0) is 13.6. The lowest BCUT2D eigenvalue weighted by molar-refractivity contribution is 0.627. The number of para-hydroxylation sites is 1. The Hall–Kier alpha value is -2.07. The molecule has 5 heteroatoms. The predicted octanol–water partition coefficient (Wildman–Crippen LogP) is 3.74. The molecule has 0 fully saturated rings. The van der Waals surface area contributed by atoms with Crippen molar-refractivity contribution in [3.05, 3.63) is 40.7 Å². The van der Waals surface area contributed by atoms with Gasteiger partial charge in [0, 0.05) is 10.9 Å². The molecule has 0 aliphatic heterocycles. The minimum atomic E-state index is 0.467. The highest BCUT2D eigenvalue weighted by atomic mass is 35.5. The molecule has 0 spiro atoms. The maximum atomic E-state index is 6.11. The van der Waals surface area contributed by atoms with Gasteiger partial charge in [-0.2, -0.15) is 0 Å². The SMILES string of the molecule is Cc1nc(N)c(C)c(-c2cc3cccc(Cl)c3o2)n1. The molecule has 0 radical (unpaired) electrons. The van der Waals surface area contributed by atoms with E-state index in [4.69, 9.17) is 21.8 Å². The minimum absolute atomic E-state index is 0.467. The van der Waals surface area contributed by atoms with E-state index in [2.05, 4.69) is 9.97 Å². The summed E-state index contributed by atoms with van der Waals surface area (Å²) in [7, 11) is 0. The van der Waals surface area contributed by atoms with Gasteiger partial charge in [-0.15, -0.1) is 0 Å². The van der Waals surface area contributed by atoms with Crippen LogP contribution in [0.25, 0.3) is 22.4 Å². The Morgan fingerprint density at radius 2 is 2.00 bits per heavy atom. The molecular weight excluding hydrogens is 262 g/mol. The van der Waals surface area contributed by atoms with Gasteiger partial charge in [-0.05, 0) is 26.0 Å². The van der Waals surface area contributed by atoms with E-state index in [9.17, 15) is 0 Å². The van der Waals surface area contributed by atoms with Gasteiger partial charge in [-0.3, -0.25) is 0 Å². The third-order valence-corrected chi connectivity index (χ3v) is 3.32. The van der Waals surface area contributed by atoms with Gasteiger partial charge in [0.25, 0.3) is 0 Å². The van der Waals surface area contributed by atoms with Crippen molar-refractivity contribution in [2.45, 2.75) is 13.8 Å². The second-order valence-corrected chi connectivity index (χ2v) is 4.81. The van der Waals surface area contributed by atoms with Crippen molar-refractivity contribution in [1.29, 1.82) is 0 Å². The number of nitrogen functional groups attached to an aromatic ring is 1. The van der Waals surface area contributed by atoms with Crippen LogP contribution in [-0.2, 0) is 0 Å². The van der Waals surface area contributed by atoms with Crippen LogP contribution in [0.4, 0.5) is 5.82 Å². The zero-order valence-corrected chi connectivity index (χ0v) is 11.3. The molecule has 3 aromatic rings. The molecule has 0 atom stereocenters. The second-order valence-electron chi connectivity index (χ2n) is 4.40. The number of hydrogen-bond acceptors (Lipinski definition) is 4. The molecule has 1 aromatic carbocycles. The molecule has 0 aliphatic rings. The van der Waals surface area contributed by atoms with E-state index in [0.29, 0.717) is 33.7 Å². The molecule has 0 saturated carbocycles. The van der Waals surface area contributed by atoms with Crippen molar-refractivity contribution in [3.8, 4) is 11.5 Å². The third kappa shape index (κ3) is 1.94. The number of rotatable bonds is 1. The van der Waals surface area contributed by atoms with Gasteiger partial charge in [0.05, 0.1) is 5.02 Å². The monoisotopic (exact) mass is 273 g/mol. The first-order chi connectivity index (χ1) is 9.06. The van der Waals surface area contributed by atoms with Crippen molar-refractivity contribution in [3.63, 3.8) is 0 Å². The van der Waals surface area contributed by atoms with Crippen LogP contribution in [0, 0.1) is 13.8 Å². The average Bonchev–Trinajstić information content (AvgIpc) is 2.79. The van der Waals surface area contributed by atoms with E-state index < -0.39 is 0 Å². The number of halogens is 1. The van der Waals surface area contributed by atoms with Gasteiger partial charge >= 0.3 is 0 Å². The maximum Gasteiger partial charge on any atom is 0.154 e. The van der Waals surface area contributed by atoms with Gasteiger partial charge in [-0.25, -0.2) is 9.97 Å². The molecular formula is C14H12ClN3O. The normalized spacial score (nSPS) is 11.1.